The van der Waals surface area contributed by atoms with E-state index in [1.165, 1.54) is 11.1 Å². The van der Waals surface area contributed by atoms with E-state index in [1.807, 2.05) is 30.3 Å². The highest BCUT2D eigenvalue weighted by molar-refractivity contribution is 6.30. The van der Waals surface area contributed by atoms with Crippen LogP contribution in [0.2, 0.25) is 5.02 Å². The number of ether oxygens (including phenoxy) is 1. The zero-order valence-corrected chi connectivity index (χ0v) is 20.7. The van der Waals surface area contributed by atoms with Crippen LogP contribution < -0.4 is 0 Å². The highest BCUT2D eigenvalue weighted by Gasteiger charge is 2.38. The first-order valence-electron chi connectivity index (χ1n) is 12.4. The SMILES string of the molecule is CCc1ccc(COC2=C(C3CCC(c4ccc(Cl)cc4)CC3)C(=O)c3ccccc3C2=O)cc1. The summed E-state index contributed by atoms with van der Waals surface area (Å²) < 4.78 is 6.17. The van der Waals surface area contributed by atoms with Gasteiger partial charge in [-0.2, -0.15) is 0 Å². The summed E-state index contributed by atoms with van der Waals surface area (Å²) in [6.45, 7) is 2.39. The van der Waals surface area contributed by atoms with E-state index in [-0.39, 0.29) is 29.9 Å². The molecule has 3 nitrogen and oxygen atoms in total. The largest absolute Gasteiger partial charge is 0.484 e. The number of hydrogen-bond acceptors (Lipinski definition) is 3. The highest BCUT2D eigenvalue weighted by atomic mass is 35.5. The molecule has 5 rings (SSSR count). The number of rotatable bonds is 6. The average molecular weight is 485 g/mol. The molecule has 0 N–H and O–H groups in total. The maximum absolute atomic E-state index is 13.7. The zero-order chi connectivity index (χ0) is 24.4. The van der Waals surface area contributed by atoms with Crippen molar-refractivity contribution in [1.82, 2.24) is 0 Å². The number of Topliss-reactive ketones (excluding diaryl/α,β-unsaturated/α-hetero) is 2. The van der Waals surface area contributed by atoms with Gasteiger partial charge in [0, 0.05) is 21.7 Å². The van der Waals surface area contributed by atoms with Gasteiger partial charge in [0.2, 0.25) is 5.78 Å². The van der Waals surface area contributed by atoms with E-state index in [4.69, 9.17) is 16.3 Å². The van der Waals surface area contributed by atoms with E-state index in [2.05, 4.69) is 31.2 Å². The van der Waals surface area contributed by atoms with Crippen molar-refractivity contribution >= 4 is 23.2 Å². The summed E-state index contributed by atoms with van der Waals surface area (Å²) in [4.78, 5) is 27.2. The first kappa shape index (κ1) is 23.6. The summed E-state index contributed by atoms with van der Waals surface area (Å²) in [6.07, 6.45) is 4.60. The van der Waals surface area contributed by atoms with Gasteiger partial charge >= 0.3 is 0 Å². The van der Waals surface area contributed by atoms with Crippen molar-refractivity contribution in [3.8, 4) is 0 Å². The van der Waals surface area contributed by atoms with Crippen LogP contribution in [0.25, 0.3) is 0 Å². The Bertz CT molecular complexity index is 1260. The Labute approximate surface area is 211 Å². The Morgan fingerprint density at radius 1 is 0.743 bits per heavy atom. The van der Waals surface area contributed by atoms with Crippen LogP contribution in [0.4, 0.5) is 0 Å². The molecule has 1 saturated carbocycles. The van der Waals surface area contributed by atoms with Gasteiger partial charge in [-0.3, -0.25) is 9.59 Å². The Hall–Kier alpha value is -3.17. The van der Waals surface area contributed by atoms with Crippen LogP contribution in [0.3, 0.4) is 0 Å². The molecule has 0 saturated heterocycles. The summed E-state index contributed by atoms with van der Waals surface area (Å²) in [5.74, 6) is 0.447. The number of carbonyl (C=O) groups is 2. The molecule has 4 heteroatoms. The second-order valence-corrected chi connectivity index (χ2v) is 9.94. The fourth-order valence-corrected chi connectivity index (χ4v) is 5.49. The molecule has 1 fully saturated rings. The molecule has 0 radical (unpaired) electrons. The van der Waals surface area contributed by atoms with E-state index < -0.39 is 0 Å². The topological polar surface area (TPSA) is 43.4 Å². The summed E-state index contributed by atoms with van der Waals surface area (Å²) in [7, 11) is 0. The van der Waals surface area contributed by atoms with E-state index in [0.717, 1.165) is 42.7 Å². The number of allylic oxidation sites excluding steroid dienone is 2. The quantitative estimate of drug-likeness (QED) is 0.359. The number of hydrogen-bond donors (Lipinski definition) is 0. The Morgan fingerprint density at radius 2 is 1.31 bits per heavy atom. The first-order valence-corrected chi connectivity index (χ1v) is 12.8. The lowest BCUT2D eigenvalue weighted by Gasteiger charge is -2.32. The van der Waals surface area contributed by atoms with Crippen molar-refractivity contribution in [1.29, 1.82) is 0 Å². The zero-order valence-electron chi connectivity index (χ0n) is 19.9. The molecule has 0 bridgehead atoms. The molecule has 3 aromatic carbocycles. The van der Waals surface area contributed by atoms with Crippen molar-refractivity contribution < 1.29 is 14.3 Å². The molecule has 0 aromatic heterocycles. The fraction of sp³-hybridized carbons (Fsp3) is 0.290. The third-order valence-corrected chi connectivity index (χ3v) is 7.66. The molecule has 2 aliphatic rings. The van der Waals surface area contributed by atoms with Crippen LogP contribution in [0, 0.1) is 5.92 Å². The summed E-state index contributed by atoms with van der Waals surface area (Å²) in [5.41, 5.74) is 5.02. The smallest absolute Gasteiger partial charge is 0.228 e. The summed E-state index contributed by atoms with van der Waals surface area (Å²) in [5, 5.41) is 0.740. The predicted octanol–water partition coefficient (Wildman–Crippen LogP) is 7.73. The fourth-order valence-electron chi connectivity index (χ4n) is 5.36. The highest BCUT2D eigenvalue weighted by Crippen LogP contribution is 2.42. The van der Waals surface area contributed by atoms with E-state index in [9.17, 15) is 9.59 Å². The minimum atomic E-state index is -0.180. The molecule has 3 aromatic rings. The van der Waals surface area contributed by atoms with Crippen LogP contribution in [0.15, 0.2) is 84.1 Å². The third kappa shape index (κ3) is 4.83. The van der Waals surface area contributed by atoms with Crippen molar-refractivity contribution in [3.63, 3.8) is 0 Å². The van der Waals surface area contributed by atoms with Crippen LogP contribution in [-0.2, 0) is 17.8 Å². The average Bonchev–Trinajstić information content (AvgIpc) is 2.91. The molecule has 0 unspecified atom stereocenters. The normalized spacial score (nSPS) is 20.1. The first-order chi connectivity index (χ1) is 17.0. The second-order valence-electron chi connectivity index (χ2n) is 9.51. The van der Waals surface area contributed by atoms with Gasteiger partial charge in [-0.25, -0.2) is 0 Å². The lowest BCUT2D eigenvalue weighted by atomic mass is 9.72. The molecule has 0 amide bonds. The van der Waals surface area contributed by atoms with Crippen molar-refractivity contribution in [2.75, 3.05) is 0 Å². The van der Waals surface area contributed by atoms with E-state index in [0.29, 0.717) is 22.6 Å². The van der Waals surface area contributed by atoms with Crippen LogP contribution >= 0.6 is 11.6 Å². The molecule has 0 aliphatic heterocycles. The van der Waals surface area contributed by atoms with Crippen molar-refractivity contribution in [2.45, 2.75) is 51.6 Å². The minimum absolute atomic E-state index is 0.0147. The molecule has 0 spiro atoms. The molecular formula is C31H29ClO3. The number of aryl methyl sites for hydroxylation is 1. The second kappa shape index (κ2) is 10.2. The Kier molecular flexibility index (Phi) is 6.88. The van der Waals surface area contributed by atoms with Gasteiger partial charge in [0.1, 0.15) is 6.61 Å². The Balaban J connectivity index is 1.41. The number of benzene rings is 3. The monoisotopic (exact) mass is 484 g/mol. The summed E-state index contributed by atoms with van der Waals surface area (Å²) >= 11 is 6.06. The number of ketones is 2. The molecule has 178 valence electrons. The Morgan fingerprint density at radius 3 is 1.94 bits per heavy atom. The maximum atomic E-state index is 13.7. The summed E-state index contributed by atoms with van der Waals surface area (Å²) in [6, 6.07) is 23.4. The minimum Gasteiger partial charge on any atom is -0.484 e. The molecule has 0 heterocycles. The van der Waals surface area contributed by atoms with Gasteiger partial charge in [-0.1, -0.05) is 79.2 Å². The molecule has 2 aliphatic carbocycles. The molecular weight excluding hydrogens is 456 g/mol. The number of halogens is 1. The lowest BCUT2D eigenvalue weighted by Crippen LogP contribution is -2.29. The van der Waals surface area contributed by atoms with Crippen LogP contribution in [-0.4, -0.2) is 11.6 Å². The van der Waals surface area contributed by atoms with Gasteiger partial charge in [0.15, 0.2) is 11.5 Å². The van der Waals surface area contributed by atoms with Gasteiger partial charge in [-0.05, 0) is 72.8 Å². The van der Waals surface area contributed by atoms with Gasteiger partial charge in [-0.15, -0.1) is 0 Å². The number of carbonyl (C=O) groups excluding carboxylic acids is 2. The van der Waals surface area contributed by atoms with E-state index in [1.54, 1.807) is 18.2 Å². The van der Waals surface area contributed by atoms with Crippen molar-refractivity contribution in [3.05, 3.63) is 117 Å². The van der Waals surface area contributed by atoms with Crippen LogP contribution in [0.5, 0.6) is 0 Å². The van der Waals surface area contributed by atoms with Gasteiger partial charge < -0.3 is 4.74 Å². The van der Waals surface area contributed by atoms with Gasteiger partial charge in [0.05, 0.1) is 0 Å². The molecule has 0 atom stereocenters. The maximum Gasteiger partial charge on any atom is 0.228 e. The van der Waals surface area contributed by atoms with Crippen molar-refractivity contribution in [2.24, 2.45) is 5.92 Å². The lowest BCUT2D eigenvalue weighted by molar-refractivity contribution is 0.0841. The van der Waals surface area contributed by atoms with Gasteiger partial charge in [0.25, 0.3) is 0 Å². The third-order valence-electron chi connectivity index (χ3n) is 7.40. The predicted molar refractivity (Wildman–Crippen MR) is 139 cm³/mol. The van der Waals surface area contributed by atoms with Crippen LogP contribution in [0.1, 0.15) is 75.9 Å². The molecule has 35 heavy (non-hydrogen) atoms. The number of fused-ring (bicyclic) bond motifs is 1. The van der Waals surface area contributed by atoms with E-state index >= 15 is 0 Å². The standard InChI is InChI=1S/C31H29ClO3/c1-2-20-7-9-21(10-8-20)19-35-31-28(29(33)26-5-3-4-6-27(26)30(31)34)24-13-11-22(12-14-24)23-15-17-25(32)18-16-23/h3-10,15-18,22,24H,2,11-14,19H2,1H3.